The summed E-state index contributed by atoms with van der Waals surface area (Å²) in [5, 5.41) is 27.3. The second kappa shape index (κ2) is 7.17. The van der Waals surface area contributed by atoms with Gasteiger partial charge in [-0.05, 0) is 0 Å². The molecule has 4 atom stereocenters. The molecule has 1 heterocycles. The van der Waals surface area contributed by atoms with Gasteiger partial charge in [0.1, 0.15) is 6.10 Å². The summed E-state index contributed by atoms with van der Waals surface area (Å²) in [7, 11) is 1.52. The van der Waals surface area contributed by atoms with Crippen molar-refractivity contribution in [1.82, 2.24) is 0 Å². The molecule has 0 aromatic heterocycles. The summed E-state index contributed by atoms with van der Waals surface area (Å²) >= 11 is 1.43. The second-order valence-corrected chi connectivity index (χ2v) is 5.01. The van der Waals surface area contributed by atoms with Crippen molar-refractivity contribution in [3.63, 3.8) is 0 Å². The van der Waals surface area contributed by atoms with E-state index in [9.17, 15) is 15.0 Å². The van der Waals surface area contributed by atoms with Crippen LogP contribution in [0.3, 0.4) is 0 Å². The minimum Gasteiger partial charge on any atom is -0.481 e. The maximum Gasteiger partial charge on any atom is 0.304 e. The van der Waals surface area contributed by atoms with E-state index in [2.05, 4.69) is 0 Å². The molecule has 0 aliphatic carbocycles. The van der Waals surface area contributed by atoms with E-state index in [0.717, 1.165) is 0 Å². The Bertz CT molecular complexity index is 249. The summed E-state index contributed by atoms with van der Waals surface area (Å²) in [6.45, 7) is 0. The molecule has 0 spiro atoms. The quantitative estimate of drug-likeness (QED) is 0.567. The maximum absolute atomic E-state index is 10.3. The predicted molar refractivity (Wildman–Crippen MR) is 61.9 cm³/mol. The van der Waals surface area contributed by atoms with E-state index in [-0.39, 0.29) is 18.6 Å². The van der Waals surface area contributed by atoms with Crippen molar-refractivity contribution in [2.24, 2.45) is 0 Å². The highest BCUT2D eigenvalue weighted by atomic mass is 32.2. The van der Waals surface area contributed by atoms with Crippen LogP contribution in [0.1, 0.15) is 12.8 Å². The number of carbonyl (C=O) groups is 1. The number of aliphatic hydroxyl groups excluding tert-OH is 2. The van der Waals surface area contributed by atoms with Crippen LogP contribution in [0.25, 0.3) is 0 Å². The molecule has 0 bridgehead atoms. The lowest BCUT2D eigenvalue weighted by Crippen LogP contribution is -2.49. The van der Waals surface area contributed by atoms with Crippen molar-refractivity contribution in [2.75, 3.05) is 18.6 Å². The number of hydrogen-bond acceptors (Lipinski definition) is 6. The van der Waals surface area contributed by atoms with Crippen LogP contribution in [0, 0.1) is 0 Å². The number of rotatable bonds is 6. The molecule has 3 N–H and O–H groups in total. The van der Waals surface area contributed by atoms with E-state index in [1.165, 1.54) is 18.9 Å². The largest absolute Gasteiger partial charge is 0.481 e. The lowest BCUT2D eigenvalue weighted by molar-refractivity contribution is -0.243. The van der Waals surface area contributed by atoms with Crippen LogP contribution in [-0.2, 0) is 14.3 Å². The molecule has 7 heteroatoms. The summed E-state index contributed by atoms with van der Waals surface area (Å²) in [4.78, 5) is 10.3. The third-order valence-corrected chi connectivity index (χ3v) is 3.63. The number of carboxylic acids is 1. The number of thioether (sulfide) groups is 1. The number of aliphatic hydroxyl groups is 2. The molecule has 0 radical (unpaired) electrons. The Morgan fingerprint density at radius 2 is 2.24 bits per heavy atom. The molecule has 0 aromatic carbocycles. The molecule has 1 rings (SSSR count). The molecule has 3 unspecified atom stereocenters. The normalized spacial score (nSPS) is 33.6. The molecule has 0 saturated carbocycles. The van der Waals surface area contributed by atoms with Crippen LogP contribution < -0.4 is 0 Å². The Morgan fingerprint density at radius 3 is 2.82 bits per heavy atom. The Balaban J connectivity index is 2.32. The zero-order valence-corrected chi connectivity index (χ0v) is 10.4. The van der Waals surface area contributed by atoms with Crippen molar-refractivity contribution in [2.45, 2.75) is 37.4 Å². The standard InChI is InChI=1S/C10H18O6S/c1-15-7-4-6(11)10(14)16-8(7)5-17-3-2-9(12)13/h6-8,10-11,14H,2-5H2,1H3,(H,12,13)/t6-,7?,8?,10?/m1/s1. The SMILES string of the molecule is COC1C[C@@H](O)C(O)OC1CSCCC(=O)O. The number of aliphatic carboxylic acids is 1. The van der Waals surface area contributed by atoms with E-state index in [1.807, 2.05) is 0 Å². The van der Waals surface area contributed by atoms with Gasteiger partial charge in [-0.25, -0.2) is 0 Å². The van der Waals surface area contributed by atoms with Gasteiger partial charge in [0.25, 0.3) is 0 Å². The van der Waals surface area contributed by atoms with E-state index in [0.29, 0.717) is 17.9 Å². The topological polar surface area (TPSA) is 96.2 Å². The number of methoxy groups -OCH3 is 1. The van der Waals surface area contributed by atoms with Gasteiger partial charge in [0.05, 0.1) is 18.6 Å². The van der Waals surface area contributed by atoms with E-state index in [1.54, 1.807) is 0 Å². The molecule has 0 aromatic rings. The first-order valence-electron chi connectivity index (χ1n) is 5.38. The first-order chi connectivity index (χ1) is 8.04. The van der Waals surface area contributed by atoms with Crippen LogP contribution in [0.2, 0.25) is 0 Å². The predicted octanol–water partition coefficient (Wildman–Crippen LogP) is -0.323. The summed E-state index contributed by atoms with van der Waals surface area (Å²) in [5.74, 6) is 0.195. The minimum atomic E-state index is -1.19. The van der Waals surface area contributed by atoms with Crippen LogP contribution in [0.4, 0.5) is 0 Å². The third kappa shape index (κ3) is 4.81. The average molecular weight is 266 g/mol. The van der Waals surface area contributed by atoms with Crippen LogP contribution in [0.15, 0.2) is 0 Å². The zero-order valence-electron chi connectivity index (χ0n) is 9.61. The summed E-state index contributed by atoms with van der Waals surface area (Å²) in [6, 6.07) is 0. The first kappa shape index (κ1) is 14.7. The Kier molecular flexibility index (Phi) is 6.21. The molecular formula is C10H18O6S. The number of ether oxygens (including phenoxy) is 2. The molecule has 1 fully saturated rings. The fourth-order valence-corrected chi connectivity index (χ4v) is 2.63. The summed E-state index contributed by atoms with van der Waals surface area (Å²) in [5.41, 5.74) is 0. The van der Waals surface area contributed by atoms with E-state index < -0.39 is 18.4 Å². The zero-order chi connectivity index (χ0) is 12.8. The van der Waals surface area contributed by atoms with Crippen LogP contribution in [-0.4, -0.2) is 64.5 Å². The molecule has 0 amide bonds. The van der Waals surface area contributed by atoms with Crippen molar-refractivity contribution in [1.29, 1.82) is 0 Å². The lowest BCUT2D eigenvalue weighted by atomic mass is 10.0. The Hall–Kier alpha value is -0.340. The second-order valence-electron chi connectivity index (χ2n) is 3.86. The maximum atomic E-state index is 10.3. The molecule has 17 heavy (non-hydrogen) atoms. The Morgan fingerprint density at radius 1 is 1.53 bits per heavy atom. The average Bonchev–Trinajstić information content (AvgIpc) is 2.28. The van der Waals surface area contributed by atoms with E-state index in [4.69, 9.17) is 14.6 Å². The number of hydrogen-bond donors (Lipinski definition) is 3. The van der Waals surface area contributed by atoms with Gasteiger partial charge in [-0.2, -0.15) is 11.8 Å². The van der Waals surface area contributed by atoms with Crippen molar-refractivity contribution in [3.8, 4) is 0 Å². The third-order valence-electron chi connectivity index (χ3n) is 2.58. The highest BCUT2D eigenvalue weighted by Gasteiger charge is 2.36. The van der Waals surface area contributed by atoms with Gasteiger partial charge in [-0.1, -0.05) is 0 Å². The highest BCUT2D eigenvalue weighted by Crippen LogP contribution is 2.24. The summed E-state index contributed by atoms with van der Waals surface area (Å²) in [6.07, 6.45) is -2.29. The van der Waals surface area contributed by atoms with Gasteiger partial charge in [-0.3, -0.25) is 4.79 Å². The van der Waals surface area contributed by atoms with Crippen molar-refractivity contribution >= 4 is 17.7 Å². The monoisotopic (exact) mass is 266 g/mol. The summed E-state index contributed by atoms with van der Waals surface area (Å²) < 4.78 is 10.4. The van der Waals surface area contributed by atoms with Crippen molar-refractivity contribution in [3.05, 3.63) is 0 Å². The smallest absolute Gasteiger partial charge is 0.304 e. The van der Waals surface area contributed by atoms with Gasteiger partial charge in [0.2, 0.25) is 0 Å². The molecule has 1 aliphatic rings. The van der Waals surface area contributed by atoms with Crippen LogP contribution >= 0.6 is 11.8 Å². The Labute approximate surface area is 104 Å². The number of carboxylic acid groups (broad SMARTS) is 1. The van der Waals surface area contributed by atoms with E-state index >= 15 is 0 Å². The molecule has 1 saturated heterocycles. The molecule has 100 valence electrons. The first-order valence-corrected chi connectivity index (χ1v) is 6.54. The fourth-order valence-electron chi connectivity index (χ4n) is 1.62. The lowest BCUT2D eigenvalue weighted by Gasteiger charge is -2.36. The fraction of sp³-hybridized carbons (Fsp3) is 0.900. The van der Waals surface area contributed by atoms with Crippen LogP contribution in [0.5, 0.6) is 0 Å². The van der Waals surface area contributed by atoms with Crippen molar-refractivity contribution < 1.29 is 29.6 Å². The van der Waals surface area contributed by atoms with Gasteiger partial charge in [0, 0.05) is 25.0 Å². The van der Waals surface area contributed by atoms with Gasteiger partial charge < -0.3 is 24.8 Å². The van der Waals surface area contributed by atoms with Gasteiger partial charge in [-0.15, -0.1) is 0 Å². The van der Waals surface area contributed by atoms with Gasteiger partial charge in [0.15, 0.2) is 6.29 Å². The molecular weight excluding hydrogens is 248 g/mol. The van der Waals surface area contributed by atoms with Gasteiger partial charge >= 0.3 is 5.97 Å². The molecule has 6 nitrogen and oxygen atoms in total. The minimum absolute atomic E-state index is 0.0974. The highest BCUT2D eigenvalue weighted by molar-refractivity contribution is 7.99. The molecule has 1 aliphatic heterocycles.